The van der Waals surface area contributed by atoms with Crippen LogP contribution in [0, 0.1) is 0 Å². The molecule has 0 amide bonds. The van der Waals surface area contributed by atoms with E-state index in [1.165, 1.54) is 5.56 Å². The number of halogens is 2. The molecule has 0 aliphatic carbocycles. The highest BCUT2D eigenvalue weighted by atomic mass is 79.9. The lowest BCUT2D eigenvalue weighted by Crippen LogP contribution is -2.19. The number of methoxy groups -OCH3 is 1. The van der Waals surface area contributed by atoms with Crippen LogP contribution in [0.3, 0.4) is 0 Å². The molecule has 3 nitrogen and oxygen atoms in total. The molecule has 0 fully saturated rings. The third-order valence-corrected chi connectivity index (χ3v) is 3.66. The first-order valence-electron chi connectivity index (χ1n) is 6.10. The number of hydrogen-bond donors (Lipinski definition) is 1. The van der Waals surface area contributed by atoms with Crippen molar-refractivity contribution in [2.45, 2.75) is 13.0 Å². The fraction of sp³-hybridized carbons (Fsp3) is 0.429. The van der Waals surface area contributed by atoms with E-state index in [-0.39, 0.29) is 0 Å². The number of nitrogens with one attached hydrogen (secondary N) is 1. The third-order valence-electron chi connectivity index (χ3n) is 2.48. The molecule has 0 aromatic heterocycles. The van der Waals surface area contributed by atoms with Crippen LogP contribution in [0.4, 0.5) is 0 Å². The minimum absolute atomic E-state index is 0.715. The second-order valence-corrected chi connectivity index (χ2v) is 5.67. The number of rotatable bonds is 9. The van der Waals surface area contributed by atoms with Gasteiger partial charge in [-0.15, -0.1) is 6.58 Å². The summed E-state index contributed by atoms with van der Waals surface area (Å²) < 4.78 is 12.6. The molecule has 0 heterocycles. The van der Waals surface area contributed by atoms with Crippen molar-refractivity contribution in [3.05, 3.63) is 39.3 Å². The van der Waals surface area contributed by atoms with Crippen molar-refractivity contribution in [2.75, 3.05) is 26.9 Å². The lowest BCUT2D eigenvalue weighted by molar-refractivity contribution is 0.140. The zero-order valence-corrected chi connectivity index (χ0v) is 14.2. The zero-order chi connectivity index (χ0) is 14.1. The molecule has 1 rings (SSSR count). The van der Waals surface area contributed by atoms with E-state index in [9.17, 15) is 0 Å². The average molecular weight is 393 g/mol. The van der Waals surface area contributed by atoms with Gasteiger partial charge >= 0.3 is 0 Å². The van der Waals surface area contributed by atoms with Gasteiger partial charge in [-0.25, -0.2) is 0 Å². The Labute approximate surface area is 131 Å². The Morgan fingerprint density at radius 2 is 1.95 bits per heavy atom. The Hall–Kier alpha value is -0.360. The maximum absolute atomic E-state index is 5.42. The van der Waals surface area contributed by atoms with Crippen LogP contribution in [-0.2, 0) is 11.3 Å². The van der Waals surface area contributed by atoms with Crippen molar-refractivity contribution in [3.63, 3.8) is 0 Å². The standard InChI is InChI=1S/C14H19Br2NO2/c1-3-4-6-19-7-5-17-10-11-8-12(15)14(18-2)13(16)9-11/h3,8-9,17H,1,4-7,10H2,2H3. The lowest BCUT2D eigenvalue weighted by atomic mass is 10.2. The minimum Gasteiger partial charge on any atom is -0.494 e. The Bertz CT molecular complexity index is 387. The molecule has 106 valence electrons. The summed E-state index contributed by atoms with van der Waals surface area (Å²) in [6.45, 7) is 6.74. The summed E-state index contributed by atoms with van der Waals surface area (Å²) in [6, 6.07) is 4.10. The SMILES string of the molecule is C=CCCOCCNCc1cc(Br)c(OC)c(Br)c1. The molecular weight excluding hydrogens is 374 g/mol. The third kappa shape index (κ3) is 6.08. The van der Waals surface area contributed by atoms with Gasteiger partial charge in [0.2, 0.25) is 0 Å². The summed E-state index contributed by atoms with van der Waals surface area (Å²) in [5.41, 5.74) is 1.19. The van der Waals surface area contributed by atoms with Crippen molar-refractivity contribution >= 4 is 31.9 Å². The summed E-state index contributed by atoms with van der Waals surface area (Å²) in [4.78, 5) is 0. The van der Waals surface area contributed by atoms with Crippen LogP contribution in [0.25, 0.3) is 0 Å². The number of hydrogen-bond acceptors (Lipinski definition) is 3. The fourth-order valence-electron chi connectivity index (χ4n) is 1.56. The summed E-state index contributed by atoms with van der Waals surface area (Å²) >= 11 is 6.98. The quantitative estimate of drug-likeness (QED) is 0.510. The lowest BCUT2D eigenvalue weighted by Gasteiger charge is -2.10. The molecule has 1 aromatic carbocycles. The topological polar surface area (TPSA) is 30.5 Å². The molecule has 1 N–H and O–H groups in total. The van der Waals surface area contributed by atoms with Gasteiger partial charge in [0.15, 0.2) is 0 Å². The van der Waals surface area contributed by atoms with Gasteiger partial charge in [-0.3, -0.25) is 0 Å². The molecule has 5 heteroatoms. The van der Waals surface area contributed by atoms with Gasteiger partial charge in [-0.1, -0.05) is 6.08 Å². The first-order valence-corrected chi connectivity index (χ1v) is 7.69. The summed E-state index contributed by atoms with van der Waals surface area (Å²) in [7, 11) is 1.66. The molecule has 0 aliphatic heterocycles. The largest absolute Gasteiger partial charge is 0.494 e. The van der Waals surface area contributed by atoms with Crippen LogP contribution >= 0.6 is 31.9 Å². The fourth-order valence-corrected chi connectivity index (χ4v) is 3.16. The summed E-state index contributed by atoms with van der Waals surface area (Å²) in [5.74, 6) is 0.816. The Balaban J connectivity index is 2.32. The molecule has 0 radical (unpaired) electrons. The monoisotopic (exact) mass is 391 g/mol. The van der Waals surface area contributed by atoms with Crippen LogP contribution in [0.1, 0.15) is 12.0 Å². The number of ether oxygens (including phenoxy) is 2. The van der Waals surface area contributed by atoms with Gasteiger partial charge in [0.05, 0.1) is 29.3 Å². The summed E-state index contributed by atoms with van der Waals surface area (Å²) in [6.07, 6.45) is 2.76. The minimum atomic E-state index is 0.715. The molecular formula is C14H19Br2NO2. The molecule has 0 saturated carbocycles. The maximum atomic E-state index is 5.42. The van der Waals surface area contributed by atoms with Crippen molar-refractivity contribution in [2.24, 2.45) is 0 Å². The normalized spacial score (nSPS) is 10.5. The van der Waals surface area contributed by atoms with Gasteiger partial charge in [0.25, 0.3) is 0 Å². The van der Waals surface area contributed by atoms with E-state index in [0.29, 0.717) is 6.61 Å². The van der Waals surface area contributed by atoms with E-state index in [1.54, 1.807) is 7.11 Å². The summed E-state index contributed by atoms with van der Waals surface area (Å²) in [5, 5.41) is 3.34. The van der Waals surface area contributed by atoms with Gasteiger partial charge in [0, 0.05) is 13.1 Å². The molecule has 19 heavy (non-hydrogen) atoms. The zero-order valence-electron chi connectivity index (χ0n) is 11.0. The van der Waals surface area contributed by atoms with Crippen LogP contribution in [0.15, 0.2) is 33.7 Å². The Morgan fingerprint density at radius 3 is 2.53 bits per heavy atom. The predicted octanol–water partition coefficient (Wildman–Crippen LogP) is 3.90. The Morgan fingerprint density at radius 1 is 1.26 bits per heavy atom. The van der Waals surface area contributed by atoms with Crippen molar-refractivity contribution in [1.29, 1.82) is 0 Å². The average Bonchev–Trinajstić information content (AvgIpc) is 2.37. The van der Waals surface area contributed by atoms with Crippen LogP contribution in [-0.4, -0.2) is 26.9 Å². The molecule has 0 unspecified atom stereocenters. The van der Waals surface area contributed by atoms with Gasteiger partial charge < -0.3 is 14.8 Å². The van der Waals surface area contributed by atoms with Gasteiger partial charge in [-0.05, 0) is 56.0 Å². The molecule has 1 aromatic rings. The second-order valence-electron chi connectivity index (χ2n) is 3.96. The van der Waals surface area contributed by atoms with Crippen LogP contribution in [0.2, 0.25) is 0 Å². The van der Waals surface area contributed by atoms with Gasteiger partial charge in [-0.2, -0.15) is 0 Å². The molecule has 0 bridgehead atoms. The molecule has 0 aliphatic rings. The van der Waals surface area contributed by atoms with E-state index in [1.807, 2.05) is 6.08 Å². The Kier molecular flexibility index (Phi) is 8.37. The van der Waals surface area contributed by atoms with Gasteiger partial charge in [0.1, 0.15) is 5.75 Å². The van der Waals surface area contributed by atoms with E-state index in [4.69, 9.17) is 9.47 Å². The van der Waals surface area contributed by atoms with E-state index >= 15 is 0 Å². The highest BCUT2D eigenvalue weighted by Crippen LogP contribution is 2.34. The second kappa shape index (κ2) is 9.53. The first kappa shape index (κ1) is 16.7. The highest BCUT2D eigenvalue weighted by Gasteiger charge is 2.07. The van der Waals surface area contributed by atoms with Crippen molar-refractivity contribution < 1.29 is 9.47 Å². The maximum Gasteiger partial charge on any atom is 0.147 e. The highest BCUT2D eigenvalue weighted by molar-refractivity contribution is 9.11. The van der Waals surface area contributed by atoms with E-state index < -0.39 is 0 Å². The van der Waals surface area contributed by atoms with Crippen molar-refractivity contribution in [1.82, 2.24) is 5.32 Å². The van der Waals surface area contributed by atoms with E-state index in [0.717, 1.165) is 40.8 Å². The predicted molar refractivity (Wildman–Crippen MR) is 85.7 cm³/mol. The molecule has 0 saturated heterocycles. The van der Waals surface area contributed by atoms with Crippen LogP contribution in [0.5, 0.6) is 5.75 Å². The van der Waals surface area contributed by atoms with E-state index in [2.05, 4.69) is 55.9 Å². The smallest absolute Gasteiger partial charge is 0.147 e. The van der Waals surface area contributed by atoms with Crippen molar-refractivity contribution in [3.8, 4) is 5.75 Å². The molecule has 0 atom stereocenters. The van der Waals surface area contributed by atoms with Crippen LogP contribution < -0.4 is 10.1 Å². The number of benzene rings is 1. The molecule has 0 spiro atoms. The first-order chi connectivity index (χ1) is 9.19.